The molecule has 0 aliphatic carbocycles. The summed E-state index contributed by atoms with van der Waals surface area (Å²) in [5.74, 6) is -0.403. The number of amides is 1. The van der Waals surface area contributed by atoms with Crippen LogP contribution in [0.5, 0.6) is 0 Å². The van der Waals surface area contributed by atoms with Gasteiger partial charge in [0.2, 0.25) is 5.91 Å². The van der Waals surface area contributed by atoms with Crippen molar-refractivity contribution in [3.8, 4) is 0 Å². The van der Waals surface area contributed by atoms with Crippen molar-refractivity contribution in [2.45, 2.75) is 11.8 Å². The number of hydrogen-bond donors (Lipinski definition) is 1. The van der Waals surface area contributed by atoms with Crippen LogP contribution in [0, 0.1) is 0 Å². The smallest absolute Gasteiger partial charge is 0.247 e. The van der Waals surface area contributed by atoms with Crippen LogP contribution in [0.2, 0.25) is 0 Å². The minimum absolute atomic E-state index is 0.159. The van der Waals surface area contributed by atoms with Crippen molar-refractivity contribution in [3.05, 3.63) is 41.3 Å². The highest BCUT2D eigenvalue weighted by Gasteiger charge is 2.12. The van der Waals surface area contributed by atoms with Crippen LogP contribution in [0.4, 0.5) is 0 Å². The van der Waals surface area contributed by atoms with Gasteiger partial charge in [-0.15, -0.1) is 0 Å². The number of carbonyl (C=O) groups is 1. The van der Waals surface area contributed by atoms with Crippen LogP contribution in [0.15, 0.2) is 46.2 Å². The molecule has 0 atom stereocenters. The van der Waals surface area contributed by atoms with Crippen molar-refractivity contribution in [2.24, 2.45) is 0 Å². The largest absolute Gasteiger partial charge is 0.355 e. The van der Waals surface area contributed by atoms with Crippen LogP contribution in [0.1, 0.15) is 6.92 Å². The molecule has 1 aromatic rings. The molecule has 86 valence electrons. The van der Waals surface area contributed by atoms with Crippen LogP contribution in [-0.2, 0) is 14.6 Å². The van der Waals surface area contributed by atoms with Gasteiger partial charge in [-0.25, -0.2) is 8.42 Å². The molecule has 0 fully saturated rings. The Morgan fingerprint density at radius 3 is 2.31 bits per heavy atom. The third-order valence-electron chi connectivity index (χ3n) is 1.99. The summed E-state index contributed by atoms with van der Waals surface area (Å²) in [4.78, 5) is 11.4. The molecule has 1 rings (SSSR count). The minimum atomic E-state index is -3.54. The van der Waals surface area contributed by atoms with E-state index >= 15 is 0 Å². The molecule has 0 radical (unpaired) electrons. The van der Waals surface area contributed by atoms with Gasteiger partial charge >= 0.3 is 0 Å². The first kappa shape index (κ1) is 12.4. The molecule has 16 heavy (non-hydrogen) atoms. The van der Waals surface area contributed by atoms with Crippen LogP contribution in [0.25, 0.3) is 0 Å². The van der Waals surface area contributed by atoms with E-state index in [1.165, 1.54) is 26.1 Å². The monoisotopic (exact) mass is 239 g/mol. The zero-order valence-electron chi connectivity index (χ0n) is 9.10. The lowest BCUT2D eigenvalue weighted by molar-refractivity contribution is -0.116. The van der Waals surface area contributed by atoms with Crippen molar-refractivity contribution < 1.29 is 13.2 Å². The zero-order chi connectivity index (χ0) is 12.2. The molecular weight excluding hydrogens is 226 g/mol. The van der Waals surface area contributed by atoms with Crippen LogP contribution in [0.3, 0.4) is 0 Å². The molecular formula is C11H13NO3S. The number of hydrogen-bond acceptors (Lipinski definition) is 3. The van der Waals surface area contributed by atoms with Crippen LogP contribution >= 0.6 is 0 Å². The van der Waals surface area contributed by atoms with Crippen molar-refractivity contribution in [1.29, 1.82) is 0 Å². The van der Waals surface area contributed by atoms with Gasteiger partial charge in [0, 0.05) is 18.0 Å². The van der Waals surface area contributed by atoms with Gasteiger partial charge in [0.05, 0.1) is 4.90 Å². The Morgan fingerprint density at radius 1 is 1.25 bits per heavy atom. The van der Waals surface area contributed by atoms with Gasteiger partial charge in [-0.3, -0.25) is 4.79 Å². The van der Waals surface area contributed by atoms with Gasteiger partial charge in [0.1, 0.15) is 0 Å². The summed E-state index contributed by atoms with van der Waals surface area (Å²) in [6, 6.07) is 7.98. The Balaban J connectivity index is 3.11. The predicted molar refractivity (Wildman–Crippen MR) is 61.5 cm³/mol. The summed E-state index contributed by atoms with van der Waals surface area (Å²) in [5.41, 5.74) is 0.159. The average molecular weight is 239 g/mol. The predicted octanol–water partition coefficient (Wildman–Crippen LogP) is 1.11. The molecule has 1 amide bonds. The van der Waals surface area contributed by atoms with Gasteiger partial charge in [-0.2, -0.15) is 0 Å². The highest BCUT2D eigenvalue weighted by atomic mass is 32.2. The van der Waals surface area contributed by atoms with Crippen LogP contribution < -0.4 is 5.32 Å². The second-order valence-electron chi connectivity index (χ2n) is 3.24. The molecule has 0 aromatic heterocycles. The summed E-state index contributed by atoms with van der Waals surface area (Å²) >= 11 is 0. The normalized spacial score (nSPS) is 12.2. The Kier molecular flexibility index (Phi) is 3.84. The fourth-order valence-corrected chi connectivity index (χ4v) is 2.41. The van der Waals surface area contributed by atoms with Gasteiger partial charge in [0.15, 0.2) is 9.84 Å². The van der Waals surface area contributed by atoms with Gasteiger partial charge in [0.25, 0.3) is 0 Å². The zero-order valence-corrected chi connectivity index (χ0v) is 9.91. The third kappa shape index (κ3) is 2.93. The number of likely N-dealkylation sites (N-methyl/N-ethyl adjacent to an activating group) is 1. The lowest BCUT2D eigenvalue weighted by Gasteiger charge is -2.01. The molecule has 1 aromatic carbocycles. The summed E-state index contributed by atoms with van der Waals surface area (Å²) < 4.78 is 23.6. The number of rotatable bonds is 3. The van der Waals surface area contributed by atoms with Crippen molar-refractivity contribution >= 4 is 15.7 Å². The molecule has 0 saturated heterocycles. The van der Waals surface area contributed by atoms with Gasteiger partial charge in [-0.05, 0) is 19.1 Å². The summed E-state index contributed by atoms with van der Waals surface area (Å²) in [6.07, 6.45) is 0. The molecule has 0 spiro atoms. The third-order valence-corrected chi connectivity index (χ3v) is 3.58. The Bertz CT molecular complexity index is 503. The van der Waals surface area contributed by atoms with Crippen LogP contribution in [-0.4, -0.2) is 21.4 Å². The van der Waals surface area contributed by atoms with E-state index in [4.69, 9.17) is 0 Å². The quantitative estimate of drug-likeness (QED) is 0.804. The van der Waals surface area contributed by atoms with Crippen molar-refractivity contribution in [3.63, 3.8) is 0 Å². The molecule has 0 heterocycles. The van der Waals surface area contributed by atoms with Gasteiger partial charge < -0.3 is 5.32 Å². The molecule has 1 N–H and O–H groups in total. The molecule has 0 unspecified atom stereocenters. The van der Waals surface area contributed by atoms with Crippen molar-refractivity contribution in [2.75, 3.05) is 7.05 Å². The molecule has 4 nitrogen and oxygen atoms in total. The number of sulfone groups is 1. The number of nitrogens with one attached hydrogen (secondary N) is 1. The average Bonchev–Trinajstić information content (AvgIpc) is 2.28. The first-order valence-electron chi connectivity index (χ1n) is 4.68. The van der Waals surface area contributed by atoms with Gasteiger partial charge in [-0.1, -0.05) is 18.2 Å². The van der Waals surface area contributed by atoms with E-state index < -0.39 is 15.7 Å². The molecule has 0 aliphatic heterocycles. The van der Waals surface area contributed by atoms with E-state index in [1.807, 2.05) is 0 Å². The first-order valence-corrected chi connectivity index (χ1v) is 6.22. The lowest BCUT2D eigenvalue weighted by Crippen LogP contribution is -2.19. The standard InChI is InChI=1S/C11H13NO3S/c1-9(11(13)12-2)8-16(14,15)10-6-4-3-5-7-10/h3-8H,1-2H3,(H,12,13). The maximum atomic E-state index is 11.8. The maximum absolute atomic E-state index is 11.8. The van der Waals surface area contributed by atoms with E-state index in [0.717, 1.165) is 5.41 Å². The fourth-order valence-electron chi connectivity index (χ4n) is 1.16. The second kappa shape index (κ2) is 4.94. The molecule has 0 aliphatic rings. The summed E-state index contributed by atoms with van der Waals surface area (Å²) in [6.45, 7) is 1.46. The fraction of sp³-hybridized carbons (Fsp3) is 0.182. The highest BCUT2D eigenvalue weighted by Crippen LogP contribution is 2.13. The van der Waals surface area contributed by atoms with E-state index in [0.29, 0.717) is 0 Å². The summed E-state index contributed by atoms with van der Waals surface area (Å²) in [5, 5.41) is 3.34. The maximum Gasteiger partial charge on any atom is 0.247 e. The molecule has 5 heteroatoms. The summed E-state index contributed by atoms with van der Waals surface area (Å²) in [7, 11) is -2.08. The SMILES string of the molecule is CNC(=O)C(C)=CS(=O)(=O)c1ccccc1. The van der Waals surface area contributed by atoms with E-state index in [9.17, 15) is 13.2 Å². The van der Waals surface area contributed by atoms with E-state index in [-0.39, 0.29) is 10.5 Å². The first-order chi connectivity index (χ1) is 7.47. The van der Waals surface area contributed by atoms with E-state index in [1.54, 1.807) is 18.2 Å². The Hall–Kier alpha value is -1.62. The lowest BCUT2D eigenvalue weighted by atomic mass is 10.3. The Morgan fingerprint density at radius 2 is 1.81 bits per heavy atom. The minimum Gasteiger partial charge on any atom is -0.355 e. The second-order valence-corrected chi connectivity index (χ2v) is 5.04. The number of benzene rings is 1. The number of carbonyl (C=O) groups excluding carboxylic acids is 1. The van der Waals surface area contributed by atoms with E-state index in [2.05, 4.69) is 5.32 Å². The van der Waals surface area contributed by atoms with Crippen molar-refractivity contribution in [1.82, 2.24) is 5.32 Å². The highest BCUT2D eigenvalue weighted by molar-refractivity contribution is 7.94. The topological polar surface area (TPSA) is 63.2 Å². The Labute approximate surface area is 94.9 Å². The molecule has 0 saturated carbocycles. The molecule has 0 bridgehead atoms.